The average Bonchev–Trinajstić information content (AvgIpc) is 2.39. The van der Waals surface area contributed by atoms with Crippen LogP contribution in [0.4, 0.5) is 0 Å². The molecule has 0 radical (unpaired) electrons. The molecule has 0 saturated carbocycles. The lowest BCUT2D eigenvalue weighted by atomic mass is 10.2. The van der Waals surface area contributed by atoms with Gasteiger partial charge in [0.1, 0.15) is 6.20 Å². The lowest BCUT2D eigenvalue weighted by Gasteiger charge is -2.04. The van der Waals surface area contributed by atoms with Gasteiger partial charge in [0.05, 0.1) is 12.8 Å². The number of nitrogens with zero attached hydrogens (tertiary/aromatic N) is 2. The zero-order chi connectivity index (χ0) is 11.9. The van der Waals surface area contributed by atoms with Crippen molar-refractivity contribution in [1.82, 2.24) is 4.98 Å². The summed E-state index contributed by atoms with van der Waals surface area (Å²) in [6.07, 6.45) is 6.48. The number of aromatic nitrogens is 2. The minimum atomic E-state index is 0.723. The number of hydrogen-bond acceptors (Lipinski definition) is 2. The molecular formula is C14H17N2O+. The van der Waals surface area contributed by atoms with Gasteiger partial charge in [0.25, 0.3) is 0 Å². The maximum atomic E-state index is 5.66. The minimum Gasteiger partial charge on any atom is -0.443 e. The van der Waals surface area contributed by atoms with Crippen molar-refractivity contribution < 1.29 is 9.30 Å². The zero-order valence-electron chi connectivity index (χ0n) is 10.0. The first-order valence-corrected chi connectivity index (χ1v) is 5.90. The Bertz CT molecular complexity index is 457. The first-order chi connectivity index (χ1) is 8.40. The molecule has 0 N–H and O–H groups in total. The Hall–Kier alpha value is -1.90. The molecular weight excluding hydrogens is 212 g/mol. The SMILES string of the molecule is CCCOc1cncc[n+]1Cc1ccccc1. The third kappa shape index (κ3) is 3.28. The molecule has 1 aromatic heterocycles. The van der Waals surface area contributed by atoms with Gasteiger partial charge in [-0.1, -0.05) is 37.3 Å². The van der Waals surface area contributed by atoms with Gasteiger partial charge < -0.3 is 4.74 Å². The molecule has 0 saturated heterocycles. The first kappa shape index (κ1) is 11.6. The molecule has 0 aliphatic rings. The second-order valence-corrected chi connectivity index (χ2v) is 3.88. The number of rotatable bonds is 5. The quantitative estimate of drug-likeness (QED) is 0.735. The summed E-state index contributed by atoms with van der Waals surface area (Å²) in [5.74, 6) is 0.818. The van der Waals surface area contributed by atoms with E-state index in [0.29, 0.717) is 0 Å². The number of hydrogen-bond donors (Lipinski definition) is 0. The van der Waals surface area contributed by atoms with E-state index in [9.17, 15) is 0 Å². The van der Waals surface area contributed by atoms with E-state index in [1.807, 2.05) is 24.4 Å². The Morgan fingerprint density at radius 2 is 2.06 bits per heavy atom. The van der Waals surface area contributed by atoms with Crippen molar-refractivity contribution in [3.63, 3.8) is 0 Å². The van der Waals surface area contributed by atoms with E-state index in [4.69, 9.17) is 4.74 Å². The molecule has 0 atom stereocenters. The fourth-order valence-electron chi connectivity index (χ4n) is 1.61. The standard InChI is InChI=1S/C14H17N2O/c1-2-10-17-14-11-15-8-9-16(14)12-13-6-4-3-5-7-13/h3-9,11H,2,10,12H2,1H3/q+1. The van der Waals surface area contributed by atoms with E-state index in [-0.39, 0.29) is 0 Å². The summed E-state index contributed by atoms with van der Waals surface area (Å²) in [7, 11) is 0. The van der Waals surface area contributed by atoms with Gasteiger partial charge in [-0.05, 0) is 6.42 Å². The van der Waals surface area contributed by atoms with Gasteiger partial charge in [0.15, 0.2) is 12.7 Å². The monoisotopic (exact) mass is 229 g/mol. The molecule has 2 aromatic rings. The Balaban J connectivity index is 2.15. The van der Waals surface area contributed by atoms with Crippen molar-refractivity contribution >= 4 is 0 Å². The van der Waals surface area contributed by atoms with Crippen LogP contribution in [0, 0.1) is 0 Å². The summed E-state index contributed by atoms with van der Waals surface area (Å²) in [5.41, 5.74) is 1.25. The topological polar surface area (TPSA) is 26.0 Å². The molecule has 3 nitrogen and oxygen atoms in total. The molecule has 0 fully saturated rings. The summed E-state index contributed by atoms with van der Waals surface area (Å²) < 4.78 is 7.73. The molecule has 88 valence electrons. The van der Waals surface area contributed by atoms with Crippen molar-refractivity contribution in [3.8, 4) is 5.88 Å². The van der Waals surface area contributed by atoms with Crippen LogP contribution in [0.25, 0.3) is 0 Å². The Kier molecular flexibility index (Phi) is 4.08. The Labute approximate surface area is 102 Å². The molecule has 0 amide bonds. The van der Waals surface area contributed by atoms with Crippen molar-refractivity contribution in [2.75, 3.05) is 6.61 Å². The second kappa shape index (κ2) is 5.99. The first-order valence-electron chi connectivity index (χ1n) is 5.90. The van der Waals surface area contributed by atoms with Crippen LogP contribution in [0.3, 0.4) is 0 Å². The molecule has 0 unspecified atom stereocenters. The summed E-state index contributed by atoms with van der Waals surface area (Å²) >= 11 is 0. The summed E-state index contributed by atoms with van der Waals surface area (Å²) in [4.78, 5) is 4.09. The molecule has 1 aromatic carbocycles. The van der Waals surface area contributed by atoms with E-state index in [0.717, 1.165) is 25.5 Å². The zero-order valence-corrected chi connectivity index (χ0v) is 10.0. The fraction of sp³-hybridized carbons (Fsp3) is 0.286. The van der Waals surface area contributed by atoms with Gasteiger partial charge >= 0.3 is 5.88 Å². The minimum absolute atomic E-state index is 0.723. The van der Waals surface area contributed by atoms with E-state index in [1.54, 1.807) is 12.4 Å². The highest BCUT2D eigenvalue weighted by Gasteiger charge is 2.11. The highest BCUT2D eigenvalue weighted by Crippen LogP contribution is 2.03. The maximum absolute atomic E-state index is 5.66. The van der Waals surface area contributed by atoms with Gasteiger partial charge in [0.2, 0.25) is 0 Å². The van der Waals surface area contributed by atoms with Crippen LogP contribution in [-0.2, 0) is 6.54 Å². The molecule has 0 aliphatic carbocycles. The molecule has 0 bridgehead atoms. The van der Waals surface area contributed by atoms with Gasteiger partial charge in [-0.3, -0.25) is 0 Å². The van der Waals surface area contributed by atoms with E-state index in [1.165, 1.54) is 5.56 Å². The van der Waals surface area contributed by atoms with Crippen LogP contribution in [-0.4, -0.2) is 11.6 Å². The lowest BCUT2D eigenvalue weighted by Crippen LogP contribution is -2.36. The van der Waals surface area contributed by atoms with E-state index >= 15 is 0 Å². The van der Waals surface area contributed by atoms with Crippen molar-refractivity contribution in [1.29, 1.82) is 0 Å². The van der Waals surface area contributed by atoms with E-state index in [2.05, 4.69) is 28.6 Å². The predicted molar refractivity (Wildman–Crippen MR) is 65.8 cm³/mol. The van der Waals surface area contributed by atoms with Crippen LogP contribution in [0.1, 0.15) is 18.9 Å². The summed E-state index contributed by atoms with van der Waals surface area (Å²) in [5, 5.41) is 0. The highest BCUT2D eigenvalue weighted by atomic mass is 16.5. The summed E-state index contributed by atoms with van der Waals surface area (Å²) in [6, 6.07) is 10.3. The average molecular weight is 229 g/mol. The smallest absolute Gasteiger partial charge is 0.387 e. The van der Waals surface area contributed by atoms with Crippen LogP contribution in [0.5, 0.6) is 5.88 Å². The van der Waals surface area contributed by atoms with E-state index < -0.39 is 0 Å². The molecule has 3 heteroatoms. The van der Waals surface area contributed by atoms with Crippen LogP contribution in [0.15, 0.2) is 48.9 Å². The normalized spacial score (nSPS) is 10.2. The van der Waals surface area contributed by atoms with Gasteiger partial charge in [0, 0.05) is 5.56 Å². The lowest BCUT2D eigenvalue weighted by molar-refractivity contribution is -0.694. The van der Waals surface area contributed by atoms with Crippen molar-refractivity contribution in [2.45, 2.75) is 19.9 Å². The number of benzene rings is 1. The molecule has 1 heterocycles. The van der Waals surface area contributed by atoms with Crippen molar-refractivity contribution in [2.24, 2.45) is 0 Å². The molecule has 0 aliphatic heterocycles. The third-order valence-electron chi connectivity index (χ3n) is 2.45. The summed E-state index contributed by atoms with van der Waals surface area (Å²) in [6.45, 7) is 3.63. The third-order valence-corrected chi connectivity index (χ3v) is 2.45. The van der Waals surface area contributed by atoms with Crippen molar-refractivity contribution in [3.05, 3.63) is 54.5 Å². The van der Waals surface area contributed by atoms with Gasteiger partial charge in [-0.15, -0.1) is 0 Å². The largest absolute Gasteiger partial charge is 0.443 e. The molecule has 0 spiro atoms. The fourth-order valence-corrected chi connectivity index (χ4v) is 1.61. The van der Waals surface area contributed by atoms with Crippen LogP contribution < -0.4 is 9.30 Å². The highest BCUT2D eigenvalue weighted by molar-refractivity contribution is 5.13. The molecule has 17 heavy (non-hydrogen) atoms. The predicted octanol–water partition coefficient (Wildman–Crippen LogP) is 2.21. The maximum Gasteiger partial charge on any atom is 0.387 e. The Morgan fingerprint density at radius 3 is 2.82 bits per heavy atom. The van der Waals surface area contributed by atoms with Crippen LogP contribution in [0.2, 0.25) is 0 Å². The number of ether oxygens (including phenoxy) is 1. The van der Waals surface area contributed by atoms with Crippen LogP contribution >= 0.6 is 0 Å². The molecule has 2 rings (SSSR count). The second-order valence-electron chi connectivity index (χ2n) is 3.88. The Morgan fingerprint density at radius 1 is 1.24 bits per heavy atom. The van der Waals surface area contributed by atoms with Gasteiger partial charge in [-0.2, -0.15) is 4.57 Å². The van der Waals surface area contributed by atoms with Gasteiger partial charge in [-0.25, -0.2) is 4.98 Å².